The molecule has 3 nitrogen and oxygen atoms in total. The molecule has 0 atom stereocenters. The third-order valence-corrected chi connectivity index (χ3v) is 2.77. The van der Waals surface area contributed by atoms with E-state index in [1.54, 1.807) is 7.11 Å². The molecule has 1 rings (SSSR count). The zero-order chi connectivity index (χ0) is 11.3. The van der Waals surface area contributed by atoms with E-state index in [1.165, 1.54) is 0 Å². The summed E-state index contributed by atoms with van der Waals surface area (Å²) in [5.41, 5.74) is 1.08. The van der Waals surface area contributed by atoms with Crippen LogP contribution in [0.25, 0.3) is 0 Å². The first-order chi connectivity index (χ1) is 7.24. The lowest BCUT2D eigenvalue weighted by Crippen LogP contribution is -2.09. The van der Waals surface area contributed by atoms with Crippen LogP contribution in [0, 0.1) is 0 Å². The van der Waals surface area contributed by atoms with Crippen molar-refractivity contribution >= 4 is 15.9 Å². The molecular formula is C11H16BrNO2. The molecule has 0 unspecified atom stereocenters. The number of ether oxygens (including phenoxy) is 2. The maximum absolute atomic E-state index is 5.60. The molecule has 0 radical (unpaired) electrons. The molecule has 0 spiro atoms. The monoisotopic (exact) mass is 273 g/mol. The number of methoxy groups -OCH3 is 1. The molecule has 1 aromatic carbocycles. The Morgan fingerprint density at radius 2 is 2.13 bits per heavy atom. The van der Waals surface area contributed by atoms with Crippen LogP contribution >= 0.6 is 15.9 Å². The molecule has 0 saturated heterocycles. The predicted molar refractivity (Wildman–Crippen MR) is 64.6 cm³/mol. The van der Waals surface area contributed by atoms with E-state index in [-0.39, 0.29) is 0 Å². The van der Waals surface area contributed by atoms with Crippen molar-refractivity contribution in [1.29, 1.82) is 0 Å². The highest BCUT2D eigenvalue weighted by molar-refractivity contribution is 9.10. The second-order valence-corrected chi connectivity index (χ2v) is 3.88. The Kier molecular flexibility index (Phi) is 4.91. The van der Waals surface area contributed by atoms with Gasteiger partial charge in [-0.05, 0) is 26.1 Å². The van der Waals surface area contributed by atoms with Crippen LogP contribution in [-0.4, -0.2) is 20.8 Å². The first-order valence-electron chi connectivity index (χ1n) is 4.87. The van der Waals surface area contributed by atoms with Gasteiger partial charge >= 0.3 is 0 Å². The highest BCUT2D eigenvalue weighted by Gasteiger charge is 2.13. The highest BCUT2D eigenvalue weighted by atomic mass is 79.9. The van der Waals surface area contributed by atoms with Crippen molar-refractivity contribution in [3.8, 4) is 11.5 Å². The molecule has 0 aliphatic carbocycles. The molecule has 0 bridgehead atoms. The van der Waals surface area contributed by atoms with Gasteiger partial charge in [-0.1, -0.05) is 15.9 Å². The van der Waals surface area contributed by atoms with Crippen molar-refractivity contribution in [2.45, 2.75) is 13.5 Å². The lowest BCUT2D eigenvalue weighted by atomic mass is 10.2. The van der Waals surface area contributed by atoms with Crippen molar-refractivity contribution in [2.75, 3.05) is 20.8 Å². The van der Waals surface area contributed by atoms with E-state index in [4.69, 9.17) is 9.47 Å². The normalized spacial score (nSPS) is 10.1. The zero-order valence-electron chi connectivity index (χ0n) is 9.26. The summed E-state index contributed by atoms with van der Waals surface area (Å²) in [5.74, 6) is 1.58. The van der Waals surface area contributed by atoms with Crippen LogP contribution in [0.2, 0.25) is 0 Å². The molecule has 0 aliphatic heterocycles. The Morgan fingerprint density at radius 1 is 1.40 bits per heavy atom. The molecule has 1 N–H and O–H groups in total. The Labute approximate surface area is 98.9 Å². The van der Waals surface area contributed by atoms with Gasteiger partial charge in [0.05, 0.1) is 13.7 Å². The summed E-state index contributed by atoms with van der Waals surface area (Å²) < 4.78 is 11.9. The van der Waals surface area contributed by atoms with E-state index < -0.39 is 0 Å². The third kappa shape index (κ3) is 2.86. The van der Waals surface area contributed by atoms with Crippen molar-refractivity contribution in [2.24, 2.45) is 0 Å². The Hall–Kier alpha value is -0.740. The Morgan fingerprint density at radius 3 is 2.67 bits per heavy atom. The minimum Gasteiger partial charge on any atom is -0.493 e. The third-order valence-electron chi connectivity index (χ3n) is 2.03. The fourth-order valence-corrected chi connectivity index (χ4v) is 1.84. The second kappa shape index (κ2) is 5.98. The van der Waals surface area contributed by atoms with E-state index in [2.05, 4.69) is 21.2 Å². The summed E-state index contributed by atoms with van der Waals surface area (Å²) in [6.07, 6.45) is 0. The van der Waals surface area contributed by atoms with Crippen LogP contribution in [0.3, 0.4) is 0 Å². The summed E-state index contributed by atoms with van der Waals surface area (Å²) in [4.78, 5) is 0. The minimum atomic E-state index is 0.628. The Balaban J connectivity index is 3.17. The number of nitrogens with one attached hydrogen (secondary N) is 1. The van der Waals surface area contributed by atoms with Gasteiger partial charge in [0.1, 0.15) is 0 Å². The van der Waals surface area contributed by atoms with Crippen LogP contribution in [-0.2, 0) is 6.54 Å². The molecule has 84 valence electrons. The van der Waals surface area contributed by atoms with Crippen LogP contribution in [0.5, 0.6) is 11.5 Å². The lowest BCUT2D eigenvalue weighted by molar-refractivity contribution is 0.306. The van der Waals surface area contributed by atoms with Crippen molar-refractivity contribution in [3.05, 3.63) is 22.2 Å². The van der Waals surface area contributed by atoms with E-state index >= 15 is 0 Å². The number of hydrogen-bond donors (Lipinski definition) is 1. The van der Waals surface area contributed by atoms with Gasteiger partial charge in [-0.2, -0.15) is 0 Å². The molecule has 0 saturated carbocycles. The van der Waals surface area contributed by atoms with Gasteiger partial charge in [-0.25, -0.2) is 0 Å². The molecule has 0 fully saturated rings. The maximum atomic E-state index is 5.60. The molecule has 0 heterocycles. The van der Waals surface area contributed by atoms with E-state index in [1.807, 2.05) is 26.1 Å². The van der Waals surface area contributed by atoms with Crippen molar-refractivity contribution in [3.63, 3.8) is 0 Å². The van der Waals surface area contributed by atoms with Crippen LogP contribution in [0.15, 0.2) is 16.6 Å². The van der Waals surface area contributed by atoms with Crippen molar-refractivity contribution < 1.29 is 9.47 Å². The van der Waals surface area contributed by atoms with Gasteiger partial charge in [-0.15, -0.1) is 0 Å². The number of benzene rings is 1. The fraction of sp³-hybridized carbons (Fsp3) is 0.455. The van der Waals surface area contributed by atoms with Crippen LogP contribution < -0.4 is 14.8 Å². The average molecular weight is 274 g/mol. The predicted octanol–water partition coefficient (Wildman–Crippen LogP) is 2.58. The number of rotatable bonds is 5. The fourth-order valence-electron chi connectivity index (χ4n) is 1.39. The Bertz CT molecular complexity index is 329. The molecule has 0 aliphatic rings. The van der Waals surface area contributed by atoms with Crippen LogP contribution in [0.4, 0.5) is 0 Å². The average Bonchev–Trinajstić information content (AvgIpc) is 2.24. The van der Waals surface area contributed by atoms with Gasteiger partial charge in [0.25, 0.3) is 0 Å². The van der Waals surface area contributed by atoms with Crippen molar-refractivity contribution in [1.82, 2.24) is 5.32 Å². The topological polar surface area (TPSA) is 30.5 Å². The lowest BCUT2D eigenvalue weighted by Gasteiger charge is -2.15. The molecule has 1 aromatic rings. The summed E-state index contributed by atoms with van der Waals surface area (Å²) >= 11 is 3.51. The number of halogens is 1. The molecule has 0 amide bonds. The zero-order valence-corrected chi connectivity index (χ0v) is 10.8. The van der Waals surface area contributed by atoms with Crippen LogP contribution in [0.1, 0.15) is 12.5 Å². The summed E-state index contributed by atoms with van der Waals surface area (Å²) in [6.45, 7) is 3.33. The molecular weight excluding hydrogens is 258 g/mol. The molecule has 15 heavy (non-hydrogen) atoms. The standard InChI is InChI=1S/C11H16BrNO2/c1-4-15-11-8(7-13-2)9(12)5-6-10(11)14-3/h5-6,13H,4,7H2,1-3H3. The maximum Gasteiger partial charge on any atom is 0.166 e. The molecule has 4 heteroatoms. The first kappa shape index (κ1) is 12.3. The number of hydrogen-bond acceptors (Lipinski definition) is 3. The smallest absolute Gasteiger partial charge is 0.166 e. The van der Waals surface area contributed by atoms with Gasteiger partial charge in [0.15, 0.2) is 11.5 Å². The van der Waals surface area contributed by atoms with Gasteiger partial charge < -0.3 is 14.8 Å². The minimum absolute atomic E-state index is 0.628. The SMILES string of the molecule is CCOc1c(OC)ccc(Br)c1CNC. The molecule has 0 aromatic heterocycles. The highest BCUT2D eigenvalue weighted by Crippen LogP contribution is 2.36. The van der Waals surface area contributed by atoms with E-state index in [0.717, 1.165) is 28.1 Å². The summed E-state index contributed by atoms with van der Waals surface area (Å²) in [5, 5.41) is 3.11. The van der Waals surface area contributed by atoms with E-state index in [0.29, 0.717) is 6.61 Å². The summed E-state index contributed by atoms with van der Waals surface area (Å²) in [7, 11) is 3.55. The first-order valence-corrected chi connectivity index (χ1v) is 5.66. The quantitative estimate of drug-likeness (QED) is 0.895. The van der Waals surface area contributed by atoms with E-state index in [9.17, 15) is 0 Å². The summed E-state index contributed by atoms with van der Waals surface area (Å²) in [6, 6.07) is 3.86. The van der Waals surface area contributed by atoms with Gasteiger partial charge in [-0.3, -0.25) is 0 Å². The second-order valence-electron chi connectivity index (χ2n) is 3.02. The van der Waals surface area contributed by atoms with Gasteiger partial charge in [0, 0.05) is 16.6 Å². The largest absolute Gasteiger partial charge is 0.493 e. The van der Waals surface area contributed by atoms with Gasteiger partial charge in [0.2, 0.25) is 0 Å².